The minimum absolute atomic E-state index is 0.420. The molecule has 1 aromatic rings. The zero-order valence-electron chi connectivity index (χ0n) is 9.37. The standard InChI is InChI=1S/C15H18/c1-15-11-5-4-7-13(15)10-9-12-6-2-3-8-14(12)15/h2-6,8,13H,7,9-11H2,1H3/t13-,15+/m1/s1. The molecule has 2 aliphatic rings. The lowest BCUT2D eigenvalue weighted by Gasteiger charge is -2.44. The quantitative estimate of drug-likeness (QED) is 0.555. The molecule has 0 radical (unpaired) electrons. The molecule has 0 N–H and O–H groups in total. The SMILES string of the molecule is C[C@]12CC=CC[C@@H]1CCc1ccccc12. The van der Waals surface area contributed by atoms with Crippen molar-refractivity contribution in [3.05, 3.63) is 47.5 Å². The van der Waals surface area contributed by atoms with Gasteiger partial charge in [-0.2, -0.15) is 0 Å². The molecule has 2 aliphatic carbocycles. The summed E-state index contributed by atoms with van der Waals surface area (Å²) >= 11 is 0. The predicted molar refractivity (Wildman–Crippen MR) is 64.0 cm³/mol. The van der Waals surface area contributed by atoms with E-state index in [1.54, 1.807) is 11.1 Å². The van der Waals surface area contributed by atoms with Crippen molar-refractivity contribution in [1.82, 2.24) is 0 Å². The van der Waals surface area contributed by atoms with Crippen molar-refractivity contribution in [2.75, 3.05) is 0 Å². The lowest BCUT2D eigenvalue weighted by molar-refractivity contribution is 0.247. The Hall–Kier alpha value is -1.04. The molecule has 1 aromatic carbocycles. The van der Waals surface area contributed by atoms with Crippen LogP contribution in [0.2, 0.25) is 0 Å². The van der Waals surface area contributed by atoms with Gasteiger partial charge in [-0.3, -0.25) is 0 Å². The van der Waals surface area contributed by atoms with E-state index in [9.17, 15) is 0 Å². The summed E-state index contributed by atoms with van der Waals surface area (Å²) in [6, 6.07) is 9.04. The fraction of sp³-hybridized carbons (Fsp3) is 0.467. The van der Waals surface area contributed by atoms with E-state index in [1.807, 2.05) is 0 Å². The van der Waals surface area contributed by atoms with Gasteiger partial charge in [0.15, 0.2) is 0 Å². The number of aryl methyl sites for hydroxylation is 1. The van der Waals surface area contributed by atoms with Gasteiger partial charge >= 0.3 is 0 Å². The number of fused-ring (bicyclic) bond motifs is 3. The van der Waals surface area contributed by atoms with Crippen LogP contribution in [0.25, 0.3) is 0 Å². The average molecular weight is 198 g/mol. The first kappa shape index (κ1) is 9.21. The van der Waals surface area contributed by atoms with Crippen LogP contribution in [0.1, 0.15) is 37.3 Å². The van der Waals surface area contributed by atoms with E-state index in [0.717, 1.165) is 5.92 Å². The number of hydrogen-bond acceptors (Lipinski definition) is 0. The van der Waals surface area contributed by atoms with E-state index in [2.05, 4.69) is 43.3 Å². The molecule has 2 atom stereocenters. The van der Waals surface area contributed by atoms with Gasteiger partial charge in [-0.25, -0.2) is 0 Å². The molecule has 0 amide bonds. The summed E-state index contributed by atoms with van der Waals surface area (Å²) in [5.41, 5.74) is 3.63. The van der Waals surface area contributed by atoms with Crippen LogP contribution in [0, 0.1) is 5.92 Å². The Morgan fingerprint density at radius 2 is 2.07 bits per heavy atom. The van der Waals surface area contributed by atoms with Crippen LogP contribution >= 0.6 is 0 Å². The summed E-state index contributed by atoms with van der Waals surface area (Å²) in [5, 5.41) is 0. The highest BCUT2D eigenvalue weighted by Gasteiger charge is 2.39. The fourth-order valence-electron chi connectivity index (χ4n) is 3.41. The Bertz CT molecular complexity index is 402. The Morgan fingerprint density at radius 3 is 3.00 bits per heavy atom. The molecule has 15 heavy (non-hydrogen) atoms. The lowest BCUT2D eigenvalue weighted by Crippen LogP contribution is -2.37. The van der Waals surface area contributed by atoms with Gasteiger partial charge in [0.1, 0.15) is 0 Å². The summed E-state index contributed by atoms with van der Waals surface area (Å²) in [6.07, 6.45) is 9.92. The normalized spacial score (nSPS) is 33.3. The number of rotatable bonds is 0. The molecular formula is C15H18. The molecule has 3 rings (SSSR count). The van der Waals surface area contributed by atoms with Gasteiger partial charge < -0.3 is 0 Å². The maximum absolute atomic E-state index is 2.46. The lowest BCUT2D eigenvalue weighted by atomic mass is 9.60. The van der Waals surface area contributed by atoms with Gasteiger partial charge in [-0.15, -0.1) is 0 Å². The van der Waals surface area contributed by atoms with Gasteiger partial charge in [-0.1, -0.05) is 43.3 Å². The topological polar surface area (TPSA) is 0 Å². The van der Waals surface area contributed by atoms with Gasteiger partial charge in [0.25, 0.3) is 0 Å². The van der Waals surface area contributed by atoms with Crippen LogP contribution in [0.15, 0.2) is 36.4 Å². The van der Waals surface area contributed by atoms with Crippen molar-refractivity contribution in [2.45, 2.75) is 38.0 Å². The van der Waals surface area contributed by atoms with Crippen molar-refractivity contribution in [2.24, 2.45) is 5.92 Å². The van der Waals surface area contributed by atoms with Gasteiger partial charge in [-0.05, 0) is 48.1 Å². The van der Waals surface area contributed by atoms with Gasteiger partial charge in [0.05, 0.1) is 0 Å². The Kier molecular flexibility index (Phi) is 1.98. The minimum Gasteiger partial charge on any atom is -0.0882 e. The van der Waals surface area contributed by atoms with Crippen LogP contribution in [0.4, 0.5) is 0 Å². The smallest absolute Gasteiger partial charge is 0.000683 e. The highest BCUT2D eigenvalue weighted by Crippen LogP contribution is 2.47. The van der Waals surface area contributed by atoms with Crippen LogP contribution in [-0.4, -0.2) is 0 Å². The number of benzene rings is 1. The molecule has 0 fully saturated rings. The van der Waals surface area contributed by atoms with Gasteiger partial charge in [0.2, 0.25) is 0 Å². The molecule has 0 heteroatoms. The Labute approximate surface area is 92.0 Å². The summed E-state index contributed by atoms with van der Waals surface area (Å²) in [4.78, 5) is 0. The average Bonchev–Trinajstić information content (AvgIpc) is 2.29. The van der Waals surface area contributed by atoms with E-state index < -0.39 is 0 Å². The third-order valence-electron chi connectivity index (χ3n) is 4.42. The minimum atomic E-state index is 0.420. The van der Waals surface area contributed by atoms with Crippen molar-refractivity contribution in [1.29, 1.82) is 0 Å². The first-order chi connectivity index (χ1) is 7.31. The molecule has 0 spiro atoms. The van der Waals surface area contributed by atoms with E-state index in [-0.39, 0.29) is 0 Å². The second-order valence-corrected chi connectivity index (χ2v) is 5.22. The molecule has 0 heterocycles. The van der Waals surface area contributed by atoms with Crippen LogP contribution < -0.4 is 0 Å². The molecule has 0 aliphatic heterocycles. The highest BCUT2D eigenvalue weighted by atomic mass is 14.4. The zero-order valence-corrected chi connectivity index (χ0v) is 9.37. The van der Waals surface area contributed by atoms with Gasteiger partial charge in [0, 0.05) is 0 Å². The molecule has 0 bridgehead atoms. The number of hydrogen-bond donors (Lipinski definition) is 0. The third kappa shape index (κ3) is 1.27. The molecule has 0 unspecified atom stereocenters. The highest BCUT2D eigenvalue weighted by molar-refractivity contribution is 5.38. The summed E-state index contributed by atoms with van der Waals surface area (Å²) in [7, 11) is 0. The van der Waals surface area contributed by atoms with Crippen molar-refractivity contribution < 1.29 is 0 Å². The van der Waals surface area contributed by atoms with E-state index in [4.69, 9.17) is 0 Å². The monoisotopic (exact) mass is 198 g/mol. The van der Waals surface area contributed by atoms with E-state index in [0.29, 0.717) is 5.41 Å². The molecule has 0 aromatic heterocycles. The summed E-state index contributed by atoms with van der Waals surface area (Å²) < 4.78 is 0. The second-order valence-electron chi connectivity index (χ2n) is 5.22. The first-order valence-electron chi connectivity index (χ1n) is 6.04. The summed E-state index contributed by atoms with van der Waals surface area (Å²) in [6.45, 7) is 2.46. The maximum Gasteiger partial charge on any atom is -0.000683 e. The first-order valence-corrected chi connectivity index (χ1v) is 6.04. The number of allylic oxidation sites excluding steroid dienone is 2. The molecule has 0 saturated heterocycles. The van der Waals surface area contributed by atoms with Crippen molar-refractivity contribution in [3.63, 3.8) is 0 Å². The molecule has 78 valence electrons. The Balaban J connectivity index is 2.13. The molecule has 0 saturated carbocycles. The fourth-order valence-corrected chi connectivity index (χ4v) is 3.41. The zero-order chi connectivity index (χ0) is 10.3. The third-order valence-corrected chi connectivity index (χ3v) is 4.42. The maximum atomic E-state index is 2.46. The van der Waals surface area contributed by atoms with Crippen LogP contribution in [-0.2, 0) is 11.8 Å². The molecule has 0 nitrogen and oxygen atoms in total. The van der Waals surface area contributed by atoms with E-state index in [1.165, 1.54) is 25.7 Å². The van der Waals surface area contributed by atoms with E-state index >= 15 is 0 Å². The second kappa shape index (κ2) is 3.23. The van der Waals surface area contributed by atoms with Crippen molar-refractivity contribution >= 4 is 0 Å². The Morgan fingerprint density at radius 1 is 1.20 bits per heavy atom. The summed E-state index contributed by atoms with van der Waals surface area (Å²) in [5.74, 6) is 0.873. The van der Waals surface area contributed by atoms with Crippen molar-refractivity contribution in [3.8, 4) is 0 Å². The van der Waals surface area contributed by atoms with Crippen LogP contribution in [0.5, 0.6) is 0 Å². The predicted octanol–water partition coefficient (Wildman–Crippen LogP) is 3.86. The van der Waals surface area contributed by atoms with Crippen LogP contribution in [0.3, 0.4) is 0 Å². The molecular weight excluding hydrogens is 180 g/mol. The largest absolute Gasteiger partial charge is 0.0882 e.